The number of benzene rings is 2. The fraction of sp³-hybridized carbons (Fsp3) is 0.278. The highest BCUT2D eigenvalue weighted by Gasteiger charge is 2.27. The third-order valence-corrected chi connectivity index (χ3v) is 5.24. The van der Waals surface area contributed by atoms with Gasteiger partial charge in [0.05, 0.1) is 22.0 Å². The highest BCUT2D eigenvalue weighted by atomic mass is 127. The van der Waals surface area contributed by atoms with Crippen LogP contribution in [0.4, 0.5) is 15.8 Å². The summed E-state index contributed by atoms with van der Waals surface area (Å²) < 4.78 is 14.6. The maximum Gasteiger partial charge on any atom is 0.277 e. The molecule has 1 aliphatic rings. The van der Waals surface area contributed by atoms with Gasteiger partial charge in [0.25, 0.3) is 5.91 Å². The SMILES string of the molecule is O=C(NOC(O)C1CCC1)c1ccc(F)cc1Nc1ccc(I)cc1Cl. The Kier molecular flexibility index (Phi) is 6.33. The van der Waals surface area contributed by atoms with E-state index in [2.05, 4.69) is 33.4 Å². The normalized spacial score (nSPS) is 15.2. The Labute approximate surface area is 169 Å². The van der Waals surface area contributed by atoms with Crippen molar-refractivity contribution in [2.75, 3.05) is 5.32 Å². The van der Waals surface area contributed by atoms with E-state index < -0.39 is 18.0 Å². The number of aliphatic hydroxyl groups excluding tert-OH is 1. The van der Waals surface area contributed by atoms with Gasteiger partial charge in [-0.2, -0.15) is 0 Å². The lowest BCUT2D eigenvalue weighted by atomic mass is 9.85. The molecule has 0 bridgehead atoms. The molecule has 2 aromatic rings. The molecule has 0 heterocycles. The molecule has 1 saturated carbocycles. The Morgan fingerprint density at radius 2 is 2.04 bits per heavy atom. The van der Waals surface area contributed by atoms with Gasteiger partial charge in [0.1, 0.15) is 5.82 Å². The Morgan fingerprint density at radius 3 is 2.69 bits per heavy atom. The van der Waals surface area contributed by atoms with Crippen molar-refractivity contribution in [3.8, 4) is 0 Å². The first-order valence-corrected chi connectivity index (χ1v) is 9.55. The van der Waals surface area contributed by atoms with Gasteiger partial charge in [-0.25, -0.2) is 14.7 Å². The van der Waals surface area contributed by atoms with E-state index in [1.165, 1.54) is 18.2 Å². The molecule has 0 radical (unpaired) electrons. The highest BCUT2D eigenvalue weighted by molar-refractivity contribution is 14.1. The van der Waals surface area contributed by atoms with Crippen LogP contribution in [0.15, 0.2) is 36.4 Å². The first-order valence-electron chi connectivity index (χ1n) is 8.09. The van der Waals surface area contributed by atoms with Crippen LogP contribution in [0.1, 0.15) is 29.6 Å². The van der Waals surface area contributed by atoms with Gasteiger partial charge in [0.15, 0.2) is 6.29 Å². The molecule has 26 heavy (non-hydrogen) atoms. The third kappa shape index (κ3) is 4.64. The molecule has 1 aliphatic carbocycles. The zero-order chi connectivity index (χ0) is 18.7. The molecular formula is C18H17ClFIN2O3. The van der Waals surface area contributed by atoms with Crippen LogP contribution in [-0.4, -0.2) is 17.3 Å². The van der Waals surface area contributed by atoms with Gasteiger partial charge >= 0.3 is 0 Å². The van der Waals surface area contributed by atoms with E-state index in [-0.39, 0.29) is 17.2 Å². The molecule has 1 fully saturated rings. The number of rotatable bonds is 6. The number of hydroxylamine groups is 1. The van der Waals surface area contributed by atoms with Crippen LogP contribution in [0.25, 0.3) is 0 Å². The molecule has 0 aromatic heterocycles. The predicted octanol–water partition coefficient (Wildman–Crippen LogP) is 4.61. The molecule has 1 atom stereocenters. The first kappa shape index (κ1) is 19.3. The molecular weight excluding hydrogens is 474 g/mol. The van der Waals surface area contributed by atoms with E-state index in [1.54, 1.807) is 12.1 Å². The maximum absolute atomic E-state index is 13.7. The van der Waals surface area contributed by atoms with Crippen LogP contribution in [0, 0.1) is 15.3 Å². The number of carbonyl (C=O) groups is 1. The van der Waals surface area contributed by atoms with Gasteiger partial charge in [-0.1, -0.05) is 18.0 Å². The summed E-state index contributed by atoms with van der Waals surface area (Å²) in [7, 11) is 0. The van der Waals surface area contributed by atoms with Crippen LogP contribution in [0.2, 0.25) is 5.02 Å². The number of hydrogen-bond donors (Lipinski definition) is 3. The summed E-state index contributed by atoms with van der Waals surface area (Å²) in [5.41, 5.74) is 3.19. The maximum atomic E-state index is 13.7. The Hall–Kier alpha value is -1.42. The number of amides is 1. The topological polar surface area (TPSA) is 70.6 Å². The predicted molar refractivity (Wildman–Crippen MR) is 106 cm³/mol. The molecule has 0 spiro atoms. The smallest absolute Gasteiger partial charge is 0.277 e. The zero-order valence-electron chi connectivity index (χ0n) is 13.6. The van der Waals surface area contributed by atoms with E-state index in [9.17, 15) is 14.3 Å². The molecule has 2 aromatic carbocycles. The lowest BCUT2D eigenvalue weighted by molar-refractivity contribution is -0.178. The second kappa shape index (κ2) is 8.51. The summed E-state index contributed by atoms with van der Waals surface area (Å²) in [6, 6.07) is 9.05. The second-order valence-corrected chi connectivity index (χ2v) is 7.72. The van der Waals surface area contributed by atoms with Gasteiger partial charge in [-0.3, -0.25) is 4.79 Å². The molecule has 8 heteroatoms. The van der Waals surface area contributed by atoms with Crippen molar-refractivity contribution in [3.63, 3.8) is 0 Å². The summed E-state index contributed by atoms with van der Waals surface area (Å²) in [6.45, 7) is 0. The first-order chi connectivity index (χ1) is 12.4. The molecule has 0 saturated heterocycles. The van der Waals surface area contributed by atoms with Gasteiger partial charge in [-0.05, 0) is 71.8 Å². The number of anilines is 2. The fourth-order valence-corrected chi connectivity index (χ4v) is 3.45. The van der Waals surface area contributed by atoms with Gasteiger partial charge in [0, 0.05) is 9.49 Å². The summed E-state index contributed by atoms with van der Waals surface area (Å²) in [6.07, 6.45) is 1.73. The number of aliphatic hydroxyl groups is 1. The Balaban J connectivity index is 1.75. The van der Waals surface area contributed by atoms with Crippen LogP contribution in [-0.2, 0) is 4.84 Å². The largest absolute Gasteiger partial charge is 0.366 e. The minimum Gasteiger partial charge on any atom is -0.366 e. The number of carbonyl (C=O) groups excluding carboxylic acids is 1. The summed E-state index contributed by atoms with van der Waals surface area (Å²) in [5.74, 6) is -1.06. The molecule has 1 amide bonds. The van der Waals surface area contributed by atoms with Gasteiger partial charge in [0.2, 0.25) is 0 Å². The van der Waals surface area contributed by atoms with Crippen molar-refractivity contribution in [1.29, 1.82) is 0 Å². The summed E-state index contributed by atoms with van der Waals surface area (Å²) >= 11 is 8.32. The van der Waals surface area contributed by atoms with Crippen molar-refractivity contribution >= 4 is 51.5 Å². The molecule has 138 valence electrons. The highest BCUT2D eigenvalue weighted by Crippen LogP contribution is 2.31. The molecule has 1 unspecified atom stereocenters. The lowest BCUT2D eigenvalue weighted by Gasteiger charge is -2.29. The van der Waals surface area contributed by atoms with E-state index in [0.717, 1.165) is 22.8 Å². The average Bonchev–Trinajstić information content (AvgIpc) is 2.54. The Morgan fingerprint density at radius 1 is 1.27 bits per heavy atom. The second-order valence-electron chi connectivity index (χ2n) is 6.07. The molecule has 0 aliphatic heterocycles. The average molecular weight is 491 g/mol. The van der Waals surface area contributed by atoms with Gasteiger partial charge in [-0.15, -0.1) is 0 Å². The van der Waals surface area contributed by atoms with E-state index in [0.29, 0.717) is 10.7 Å². The van der Waals surface area contributed by atoms with Crippen molar-refractivity contribution in [1.82, 2.24) is 5.48 Å². The molecule has 3 N–H and O–H groups in total. The number of hydrogen-bond acceptors (Lipinski definition) is 4. The number of halogens is 3. The van der Waals surface area contributed by atoms with E-state index in [4.69, 9.17) is 16.4 Å². The molecule has 3 rings (SSSR count). The number of nitrogens with one attached hydrogen (secondary N) is 2. The van der Waals surface area contributed by atoms with Gasteiger partial charge < -0.3 is 10.4 Å². The minimum absolute atomic E-state index is 0.0340. The molecule has 5 nitrogen and oxygen atoms in total. The minimum atomic E-state index is -1.05. The van der Waals surface area contributed by atoms with Crippen molar-refractivity contribution in [2.45, 2.75) is 25.6 Å². The lowest BCUT2D eigenvalue weighted by Crippen LogP contribution is -2.36. The van der Waals surface area contributed by atoms with Crippen LogP contribution >= 0.6 is 34.2 Å². The van der Waals surface area contributed by atoms with Crippen LogP contribution < -0.4 is 10.8 Å². The van der Waals surface area contributed by atoms with Crippen molar-refractivity contribution in [2.24, 2.45) is 5.92 Å². The standard InChI is InChI=1S/C18H17ClFIN2O3/c19-14-9-12(21)5-7-15(14)22-16-8-11(20)4-6-13(16)17(24)23-26-18(25)10-2-1-3-10/h4-10,18,22,25H,1-3H2,(H,23,24). The monoisotopic (exact) mass is 490 g/mol. The quantitative estimate of drug-likeness (QED) is 0.314. The Bertz CT molecular complexity index is 817. The fourth-order valence-electron chi connectivity index (χ4n) is 2.54. The van der Waals surface area contributed by atoms with E-state index >= 15 is 0 Å². The van der Waals surface area contributed by atoms with Crippen molar-refractivity contribution in [3.05, 3.63) is 56.4 Å². The van der Waals surface area contributed by atoms with E-state index in [1.807, 2.05) is 6.07 Å². The summed E-state index contributed by atoms with van der Waals surface area (Å²) in [5, 5.41) is 13.3. The zero-order valence-corrected chi connectivity index (χ0v) is 16.6. The third-order valence-electron chi connectivity index (χ3n) is 4.25. The van der Waals surface area contributed by atoms with Crippen molar-refractivity contribution < 1.29 is 19.1 Å². The van der Waals surface area contributed by atoms with Crippen LogP contribution in [0.3, 0.4) is 0 Å². The van der Waals surface area contributed by atoms with Crippen LogP contribution in [0.5, 0.6) is 0 Å². The summed E-state index contributed by atoms with van der Waals surface area (Å²) in [4.78, 5) is 17.4.